The molecular formula is C10H16ClN5O2. The fourth-order valence-corrected chi connectivity index (χ4v) is 2.40. The van der Waals surface area contributed by atoms with Crippen molar-refractivity contribution in [1.82, 2.24) is 9.97 Å². The van der Waals surface area contributed by atoms with Gasteiger partial charge >= 0.3 is 0 Å². The van der Waals surface area contributed by atoms with Crippen molar-refractivity contribution in [2.24, 2.45) is 11.8 Å². The van der Waals surface area contributed by atoms with E-state index in [1.807, 2.05) is 0 Å². The van der Waals surface area contributed by atoms with Crippen molar-refractivity contribution in [3.05, 3.63) is 11.5 Å². The zero-order chi connectivity index (χ0) is 13.3. The molecule has 8 heteroatoms. The van der Waals surface area contributed by atoms with Crippen LogP contribution in [0.2, 0.25) is 5.15 Å². The number of halogens is 1. The molecule has 1 fully saturated rings. The molecule has 0 aromatic carbocycles. The van der Waals surface area contributed by atoms with Gasteiger partial charge in [0.25, 0.3) is 0 Å². The summed E-state index contributed by atoms with van der Waals surface area (Å²) >= 11 is 5.80. The Kier molecular flexibility index (Phi) is 3.86. The summed E-state index contributed by atoms with van der Waals surface area (Å²) in [6.07, 6.45) is 1.91. The standard InChI is InChI=1S/C10H16ClN5O2/c11-9-7(12)10(15-4-14-9)16(13)6-2-1-5(3-17)8(6)18/h4-6,8,17-18H,1-3,12-13H2. The van der Waals surface area contributed by atoms with Gasteiger partial charge in [0.2, 0.25) is 0 Å². The Morgan fingerprint density at radius 3 is 2.78 bits per heavy atom. The Morgan fingerprint density at radius 2 is 2.17 bits per heavy atom. The van der Waals surface area contributed by atoms with Gasteiger partial charge in [0.05, 0.1) is 12.1 Å². The molecule has 3 atom stereocenters. The van der Waals surface area contributed by atoms with Crippen molar-refractivity contribution in [1.29, 1.82) is 0 Å². The Morgan fingerprint density at radius 1 is 1.44 bits per heavy atom. The Bertz CT molecular complexity index is 433. The SMILES string of the molecule is Nc1c(Cl)ncnc1N(N)C1CCC(CO)C1O. The summed E-state index contributed by atoms with van der Waals surface area (Å²) in [7, 11) is 0. The number of rotatable bonds is 3. The topological polar surface area (TPSA) is 122 Å². The van der Waals surface area contributed by atoms with Crippen molar-refractivity contribution >= 4 is 23.1 Å². The van der Waals surface area contributed by atoms with E-state index in [0.717, 1.165) is 0 Å². The van der Waals surface area contributed by atoms with Crippen LogP contribution in [-0.2, 0) is 0 Å². The van der Waals surface area contributed by atoms with Crippen LogP contribution in [0.3, 0.4) is 0 Å². The molecule has 1 aliphatic carbocycles. The average Bonchev–Trinajstić information content (AvgIpc) is 2.73. The molecule has 1 aliphatic rings. The normalized spacial score (nSPS) is 27.4. The third kappa shape index (κ3) is 2.22. The molecule has 2 rings (SSSR count). The summed E-state index contributed by atoms with van der Waals surface area (Å²) in [4.78, 5) is 7.72. The molecule has 1 aromatic heterocycles. The first-order valence-electron chi connectivity index (χ1n) is 5.65. The molecule has 0 aliphatic heterocycles. The van der Waals surface area contributed by atoms with Gasteiger partial charge in [0, 0.05) is 12.5 Å². The largest absolute Gasteiger partial charge is 0.396 e. The number of hydrazine groups is 1. The summed E-state index contributed by atoms with van der Waals surface area (Å²) in [5, 5.41) is 20.6. The van der Waals surface area contributed by atoms with Crippen molar-refractivity contribution in [2.45, 2.75) is 25.0 Å². The molecule has 100 valence electrons. The first-order valence-corrected chi connectivity index (χ1v) is 6.03. The van der Waals surface area contributed by atoms with Gasteiger partial charge < -0.3 is 15.9 Å². The predicted molar refractivity (Wildman–Crippen MR) is 67.7 cm³/mol. The van der Waals surface area contributed by atoms with Crippen LogP contribution in [-0.4, -0.2) is 38.9 Å². The Labute approximate surface area is 109 Å². The lowest BCUT2D eigenvalue weighted by molar-refractivity contribution is 0.0788. The van der Waals surface area contributed by atoms with E-state index < -0.39 is 6.10 Å². The molecule has 0 spiro atoms. The predicted octanol–water partition coefficient (Wildman–Crippen LogP) is -0.476. The molecule has 1 aromatic rings. The maximum absolute atomic E-state index is 10.0. The van der Waals surface area contributed by atoms with Gasteiger partial charge in [-0.25, -0.2) is 15.8 Å². The zero-order valence-corrected chi connectivity index (χ0v) is 10.5. The highest BCUT2D eigenvalue weighted by Crippen LogP contribution is 2.33. The molecule has 1 heterocycles. The van der Waals surface area contributed by atoms with E-state index in [1.165, 1.54) is 11.3 Å². The van der Waals surface area contributed by atoms with Crippen LogP contribution < -0.4 is 16.6 Å². The fourth-order valence-electron chi connectivity index (χ4n) is 2.27. The van der Waals surface area contributed by atoms with E-state index in [4.69, 9.17) is 28.3 Å². The minimum atomic E-state index is -0.715. The number of aromatic nitrogens is 2. The molecule has 6 N–H and O–H groups in total. The molecule has 1 saturated carbocycles. The minimum Gasteiger partial charge on any atom is -0.396 e. The van der Waals surface area contributed by atoms with Gasteiger partial charge in [0.1, 0.15) is 12.0 Å². The number of aliphatic hydroxyl groups is 2. The maximum atomic E-state index is 10.0. The summed E-state index contributed by atoms with van der Waals surface area (Å²) in [6, 6.07) is -0.338. The zero-order valence-electron chi connectivity index (χ0n) is 9.70. The van der Waals surface area contributed by atoms with Crippen LogP contribution in [0, 0.1) is 5.92 Å². The number of nitrogens with two attached hydrogens (primary N) is 2. The molecule has 0 amide bonds. The van der Waals surface area contributed by atoms with Gasteiger partial charge in [-0.05, 0) is 12.8 Å². The number of nitrogens with zero attached hydrogens (tertiary/aromatic N) is 3. The monoisotopic (exact) mass is 273 g/mol. The second kappa shape index (κ2) is 5.23. The summed E-state index contributed by atoms with van der Waals surface area (Å²) in [5.41, 5.74) is 5.94. The van der Waals surface area contributed by atoms with Crippen molar-refractivity contribution < 1.29 is 10.2 Å². The van der Waals surface area contributed by atoms with Crippen LogP contribution >= 0.6 is 11.6 Å². The second-order valence-corrected chi connectivity index (χ2v) is 4.74. The molecule has 7 nitrogen and oxygen atoms in total. The molecule has 0 saturated heterocycles. The van der Waals surface area contributed by atoms with Gasteiger partial charge in [-0.2, -0.15) is 0 Å². The Balaban J connectivity index is 2.22. The maximum Gasteiger partial charge on any atom is 0.171 e. The molecule has 3 unspecified atom stereocenters. The number of nitrogen functional groups attached to an aromatic ring is 1. The van der Waals surface area contributed by atoms with Crippen LogP contribution in [0.25, 0.3) is 0 Å². The molecule has 0 radical (unpaired) electrons. The number of hydrogen-bond acceptors (Lipinski definition) is 7. The average molecular weight is 274 g/mol. The van der Waals surface area contributed by atoms with Crippen LogP contribution in [0.15, 0.2) is 6.33 Å². The lowest BCUT2D eigenvalue weighted by Gasteiger charge is -2.29. The number of aliphatic hydroxyl groups excluding tert-OH is 2. The highest BCUT2D eigenvalue weighted by molar-refractivity contribution is 6.32. The van der Waals surface area contributed by atoms with Gasteiger partial charge in [-0.3, -0.25) is 5.01 Å². The summed E-state index contributed by atoms with van der Waals surface area (Å²) in [5.74, 6) is 6.06. The highest BCUT2D eigenvalue weighted by atomic mass is 35.5. The van der Waals surface area contributed by atoms with Gasteiger partial charge in [-0.15, -0.1) is 0 Å². The van der Waals surface area contributed by atoms with E-state index in [0.29, 0.717) is 12.8 Å². The molecule has 0 bridgehead atoms. The third-order valence-corrected chi connectivity index (χ3v) is 3.66. The first-order chi connectivity index (χ1) is 8.56. The van der Waals surface area contributed by atoms with Crippen LogP contribution in [0.5, 0.6) is 0 Å². The molecule has 18 heavy (non-hydrogen) atoms. The fraction of sp³-hybridized carbons (Fsp3) is 0.600. The highest BCUT2D eigenvalue weighted by Gasteiger charge is 2.38. The van der Waals surface area contributed by atoms with E-state index in [1.54, 1.807) is 0 Å². The van der Waals surface area contributed by atoms with Crippen LogP contribution in [0.4, 0.5) is 11.5 Å². The summed E-state index contributed by atoms with van der Waals surface area (Å²) in [6.45, 7) is -0.0640. The second-order valence-electron chi connectivity index (χ2n) is 4.39. The van der Waals surface area contributed by atoms with Gasteiger partial charge in [-0.1, -0.05) is 11.6 Å². The van der Waals surface area contributed by atoms with Crippen molar-refractivity contribution in [2.75, 3.05) is 17.3 Å². The quantitative estimate of drug-likeness (QED) is 0.333. The van der Waals surface area contributed by atoms with E-state index in [9.17, 15) is 5.11 Å². The van der Waals surface area contributed by atoms with E-state index in [-0.39, 0.29) is 35.2 Å². The van der Waals surface area contributed by atoms with E-state index in [2.05, 4.69) is 9.97 Å². The lowest BCUT2D eigenvalue weighted by atomic mass is 10.1. The third-order valence-electron chi connectivity index (χ3n) is 3.36. The number of anilines is 2. The Hall–Kier alpha value is -1.15. The molecular weight excluding hydrogens is 258 g/mol. The van der Waals surface area contributed by atoms with Gasteiger partial charge in [0.15, 0.2) is 11.0 Å². The van der Waals surface area contributed by atoms with Crippen molar-refractivity contribution in [3.63, 3.8) is 0 Å². The number of hydrogen-bond donors (Lipinski definition) is 4. The first kappa shape index (κ1) is 13.3. The van der Waals surface area contributed by atoms with E-state index >= 15 is 0 Å². The smallest absolute Gasteiger partial charge is 0.171 e. The summed E-state index contributed by atoms with van der Waals surface area (Å²) < 4.78 is 0. The lowest BCUT2D eigenvalue weighted by Crippen LogP contribution is -2.48. The minimum absolute atomic E-state index is 0.0640. The van der Waals surface area contributed by atoms with Crippen LogP contribution in [0.1, 0.15) is 12.8 Å². The van der Waals surface area contributed by atoms with Crippen molar-refractivity contribution in [3.8, 4) is 0 Å².